The van der Waals surface area contributed by atoms with Gasteiger partial charge in [0.2, 0.25) is 0 Å². The van der Waals surface area contributed by atoms with Gasteiger partial charge < -0.3 is 19.5 Å². The molecule has 1 aromatic heterocycles. The Hall–Kier alpha value is -3.53. The Kier molecular flexibility index (Phi) is 6.28. The summed E-state index contributed by atoms with van der Waals surface area (Å²) in [6, 6.07) is 14.8. The molecular formula is C26H29FN4O2. The number of fused-ring (bicyclic) bond motifs is 1. The monoisotopic (exact) mass is 448 g/mol. The van der Waals surface area contributed by atoms with Gasteiger partial charge in [-0.25, -0.2) is 9.18 Å². The second-order valence-corrected chi connectivity index (χ2v) is 9.49. The highest BCUT2D eigenvalue weighted by Gasteiger charge is 2.30. The van der Waals surface area contributed by atoms with Crippen LogP contribution in [-0.4, -0.2) is 40.7 Å². The van der Waals surface area contributed by atoms with E-state index in [1.807, 2.05) is 45.2 Å². The van der Waals surface area contributed by atoms with Gasteiger partial charge in [0, 0.05) is 54.0 Å². The molecule has 172 valence electrons. The molecule has 7 heteroatoms. The van der Waals surface area contributed by atoms with Gasteiger partial charge in [-0.15, -0.1) is 0 Å². The Balaban J connectivity index is 1.59. The third-order valence-corrected chi connectivity index (χ3v) is 5.94. The quantitative estimate of drug-likeness (QED) is 0.565. The fraction of sp³-hybridized carbons (Fsp3) is 0.385. The minimum Gasteiger partial charge on any atom is -0.444 e. The van der Waals surface area contributed by atoms with Crippen molar-refractivity contribution >= 4 is 22.7 Å². The molecule has 1 saturated heterocycles. The Morgan fingerprint density at radius 3 is 2.67 bits per heavy atom. The average molecular weight is 449 g/mol. The van der Waals surface area contributed by atoms with E-state index in [1.54, 1.807) is 11.0 Å². The first-order chi connectivity index (χ1) is 15.7. The number of nitriles is 1. The number of nitrogens with zero attached hydrogens (tertiary/aromatic N) is 3. The smallest absolute Gasteiger partial charge is 0.410 e. The summed E-state index contributed by atoms with van der Waals surface area (Å²) in [7, 11) is 0. The molecule has 1 aliphatic heterocycles. The molecule has 3 aromatic rings. The van der Waals surface area contributed by atoms with Crippen LogP contribution in [0.4, 0.5) is 14.9 Å². The average Bonchev–Trinajstić information content (AvgIpc) is 3.25. The third kappa shape index (κ3) is 5.28. The fourth-order valence-corrected chi connectivity index (χ4v) is 4.29. The molecule has 0 radical (unpaired) electrons. The number of likely N-dealkylation sites (tertiary alicyclic amines) is 1. The van der Waals surface area contributed by atoms with Gasteiger partial charge in [-0.2, -0.15) is 5.26 Å². The van der Waals surface area contributed by atoms with E-state index in [1.165, 1.54) is 12.1 Å². The predicted molar refractivity (Wildman–Crippen MR) is 126 cm³/mol. The summed E-state index contributed by atoms with van der Waals surface area (Å²) in [6.45, 7) is 7.07. The highest BCUT2D eigenvalue weighted by Crippen LogP contribution is 2.30. The molecule has 2 aromatic carbocycles. The van der Waals surface area contributed by atoms with Crippen LogP contribution in [0.15, 0.2) is 48.7 Å². The second kappa shape index (κ2) is 9.14. The first kappa shape index (κ1) is 22.7. The number of carbonyl (C=O) groups excluding carboxylic acids is 1. The van der Waals surface area contributed by atoms with Crippen molar-refractivity contribution in [2.24, 2.45) is 0 Å². The lowest BCUT2D eigenvalue weighted by Crippen LogP contribution is -2.48. The number of nitrogens with one attached hydrogen (secondary N) is 1. The van der Waals surface area contributed by atoms with Gasteiger partial charge in [0.1, 0.15) is 11.4 Å². The maximum Gasteiger partial charge on any atom is 0.410 e. The summed E-state index contributed by atoms with van der Waals surface area (Å²) < 4.78 is 20.2. The number of H-pyrrole nitrogens is 1. The van der Waals surface area contributed by atoms with Crippen molar-refractivity contribution in [2.45, 2.75) is 51.8 Å². The molecule has 1 fully saturated rings. The minimum absolute atomic E-state index is 0.116. The number of anilines is 1. The summed E-state index contributed by atoms with van der Waals surface area (Å²) in [5, 5.41) is 10.3. The third-order valence-electron chi connectivity index (χ3n) is 5.94. The zero-order valence-electron chi connectivity index (χ0n) is 19.3. The number of benzene rings is 2. The lowest BCUT2D eigenvalue weighted by atomic mass is 10.0. The van der Waals surface area contributed by atoms with Crippen LogP contribution in [-0.2, 0) is 11.3 Å². The van der Waals surface area contributed by atoms with Crippen molar-refractivity contribution in [1.82, 2.24) is 9.88 Å². The van der Waals surface area contributed by atoms with Crippen LogP contribution in [0.5, 0.6) is 0 Å². The Bertz CT molecular complexity index is 1180. The number of hydrogen-bond donors (Lipinski definition) is 1. The lowest BCUT2D eigenvalue weighted by molar-refractivity contribution is 0.0204. The van der Waals surface area contributed by atoms with Crippen molar-refractivity contribution in [3.8, 4) is 6.07 Å². The molecule has 1 amide bonds. The number of piperidine rings is 1. The summed E-state index contributed by atoms with van der Waals surface area (Å²) in [5.41, 5.74) is 2.41. The molecule has 33 heavy (non-hydrogen) atoms. The first-order valence-corrected chi connectivity index (χ1v) is 11.2. The van der Waals surface area contributed by atoms with Gasteiger partial charge in [0.15, 0.2) is 0 Å². The highest BCUT2D eigenvalue weighted by molar-refractivity contribution is 5.83. The SMILES string of the molecule is CC(C)(C)OC(=O)N1CCC(N(Cc2cc(C#N)ccc2F)c2ccc3[nH]ccc3c2)CC1. The molecule has 2 heterocycles. The van der Waals surface area contributed by atoms with E-state index in [-0.39, 0.29) is 18.0 Å². The summed E-state index contributed by atoms with van der Waals surface area (Å²) >= 11 is 0. The number of ether oxygens (including phenoxy) is 1. The summed E-state index contributed by atoms with van der Waals surface area (Å²) in [6.07, 6.45) is 3.08. The molecule has 0 atom stereocenters. The summed E-state index contributed by atoms with van der Waals surface area (Å²) in [4.78, 5) is 19.6. The Morgan fingerprint density at radius 1 is 1.21 bits per heavy atom. The van der Waals surface area contributed by atoms with Crippen LogP contribution in [0.1, 0.15) is 44.7 Å². The van der Waals surface area contributed by atoms with E-state index < -0.39 is 5.60 Å². The molecule has 0 spiro atoms. The van der Waals surface area contributed by atoms with Crippen LogP contribution in [0, 0.1) is 17.1 Å². The van der Waals surface area contributed by atoms with Crippen molar-refractivity contribution in [3.05, 3.63) is 65.6 Å². The van der Waals surface area contributed by atoms with Crippen LogP contribution in [0.2, 0.25) is 0 Å². The van der Waals surface area contributed by atoms with Gasteiger partial charge in [0.25, 0.3) is 0 Å². The largest absolute Gasteiger partial charge is 0.444 e. The van der Waals surface area contributed by atoms with Crippen LogP contribution in [0.25, 0.3) is 10.9 Å². The van der Waals surface area contributed by atoms with E-state index in [4.69, 9.17) is 4.74 Å². The number of halogens is 1. The molecule has 0 bridgehead atoms. The van der Waals surface area contributed by atoms with E-state index >= 15 is 0 Å². The van der Waals surface area contributed by atoms with Gasteiger partial charge >= 0.3 is 6.09 Å². The normalized spacial score (nSPS) is 14.8. The number of carbonyl (C=O) groups is 1. The molecule has 4 rings (SSSR count). The zero-order valence-corrected chi connectivity index (χ0v) is 19.3. The molecule has 0 unspecified atom stereocenters. The van der Waals surface area contributed by atoms with E-state index in [2.05, 4.69) is 22.0 Å². The van der Waals surface area contributed by atoms with Crippen LogP contribution >= 0.6 is 0 Å². The first-order valence-electron chi connectivity index (χ1n) is 11.2. The van der Waals surface area contributed by atoms with Gasteiger partial charge in [-0.3, -0.25) is 0 Å². The topological polar surface area (TPSA) is 72.4 Å². The number of aromatic nitrogens is 1. The van der Waals surface area contributed by atoms with E-state index in [0.29, 0.717) is 30.8 Å². The second-order valence-electron chi connectivity index (χ2n) is 9.49. The van der Waals surface area contributed by atoms with E-state index in [0.717, 1.165) is 29.4 Å². The van der Waals surface area contributed by atoms with E-state index in [9.17, 15) is 14.4 Å². The van der Waals surface area contributed by atoms with Crippen molar-refractivity contribution in [3.63, 3.8) is 0 Å². The van der Waals surface area contributed by atoms with Gasteiger partial charge in [0.05, 0.1) is 11.6 Å². The maximum absolute atomic E-state index is 14.7. The molecule has 1 N–H and O–H groups in total. The van der Waals surface area contributed by atoms with Crippen molar-refractivity contribution < 1.29 is 13.9 Å². The molecule has 6 nitrogen and oxygen atoms in total. The van der Waals surface area contributed by atoms with Gasteiger partial charge in [-0.05, 0) is 76.1 Å². The minimum atomic E-state index is -0.533. The Morgan fingerprint density at radius 2 is 1.97 bits per heavy atom. The molecule has 0 saturated carbocycles. The highest BCUT2D eigenvalue weighted by atomic mass is 19.1. The maximum atomic E-state index is 14.7. The summed E-state index contributed by atoms with van der Waals surface area (Å²) in [5.74, 6) is -0.326. The zero-order chi connectivity index (χ0) is 23.6. The van der Waals surface area contributed by atoms with Crippen molar-refractivity contribution in [2.75, 3.05) is 18.0 Å². The standard InChI is InChI=1S/C26H29FN4O2/c1-26(2,3)33-25(32)30-12-9-21(10-13-30)31(17-20-14-18(16-28)4-6-23(20)27)22-5-7-24-19(15-22)8-11-29-24/h4-8,11,14-15,21,29H,9-10,12-13,17H2,1-3H3. The van der Waals surface area contributed by atoms with Gasteiger partial charge in [-0.1, -0.05) is 0 Å². The lowest BCUT2D eigenvalue weighted by Gasteiger charge is -2.40. The molecule has 0 aliphatic carbocycles. The predicted octanol–water partition coefficient (Wildman–Crippen LogP) is 5.58. The molecular weight excluding hydrogens is 419 g/mol. The number of amides is 1. The van der Waals surface area contributed by atoms with Crippen LogP contribution < -0.4 is 4.90 Å². The molecule has 1 aliphatic rings. The number of hydrogen-bond acceptors (Lipinski definition) is 4. The van der Waals surface area contributed by atoms with Crippen molar-refractivity contribution in [1.29, 1.82) is 5.26 Å². The number of rotatable bonds is 4. The van der Waals surface area contributed by atoms with Crippen LogP contribution in [0.3, 0.4) is 0 Å². The fourth-order valence-electron chi connectivity index (χ4n) is 4.29. The number of aromatic amines is 1. The Labute approximate surface area is 193 Å².